The lowest BCUT2D eigenvalue weighted by atomic mass is 10.0. The van der Waals surface area contributed by atoms with Crippen LogP contribution in [0.4, 0.5) is 5.82 Å². The van der Waals surface area contributed by atoms with Crippen LogP contribution in [0.15, 0.2) is 40.9 Å². The predicted molar refractivity (Wildman–Crippen MR) is 84.8 cm³/mol. The van der Waals surface area contributed by atoms with Gasteiger partial charge in [0, 0.05) is 10.9 Å². The molecule has 4 heteroatoms. The molecule has 2 rings (SSSR count). The Morgan fingerprint density at radius 3 is 2.65 bits per heavy atom. The van der Waals surface area contributed by atoms with Crippen LogP contribution in [-0.2, 0) is 11.2 Å². The maximum atomic E-state index is 11.9. The lowest BCUT2D eigenvalue weighted by Gasteiger charge is -2.07. The van der Waals surface area contributed by atoms with Gasteiger partial charge in [-0.2, -0.15) is 0 Å². The molecule has 2 aromatic rings. The smallest absolute Gasteiger partial charge is 0.225 e. The Hall–Kier alpha value is -1.68. The fraction of sp³-hybridized carbons (Fsp3) is 0.250. The number of carbonyl (C=O) groups is 1. The molecule has 1 aromatic heterocycles. The maximum absolute atomic E-state index is 11.9. The predicted octanol–water partition coefficient (Wildman–Crippen LogP) is 4.03. The zero-order chi connectivity index (χ0) is 14.5. The van der Waals surface area contributed by atoms with Crippen molar-refractivity contribution in [2.24, 2.45) is 0 Å². The zero-order valence-corrected chi connectivity index (χ0v) is 13.2. The lowest BCUT2D eigenvalue weighted by Crippen LogP contribution is -2.13. The molecule has 0 bridgehead atoms. The van der Waals surface area contributed by atoms with Gasteiger partial charge >= 0.3 is 0 Å². The van der Waals surface area contributed by atoms with Gasteiger partial charge in [-0.25, -0.2) is 4.98 Å². The van der Waals surface area contributed by atoms with Crippen LogP contribution in [0, 0.1) is 13.8 Å². The number of anilines is 1. The van der Waals surface area contributed by atoms with E-state index in [1.54, 1.807) is 6.07 Å². The number of nitrogens with one attached hydrogen (secondary N) is 1. The van der Waals surface area contributed by atoms with Gasteiger partial charge in [-0.3, -0.25) is 4.79 Å². The number of nitrogens with zero attached hydrogens (tertiary/aromatic N) is 1. The van der Waals surface area contributed by atoms with Crippen LogP contribution in [0.25, 0.3) is 0 Å². The van der Waals surface area contributed by atoms with Crippen molar-refractivity contribution in [3.05, 3.63) is 57.7 Å². The molecular formula is C16H17BrN2O. The van der Waals surface area contributed by atoms with Crippen molar-refractivity contribution in [3.63, 3.8) is 0 Å². The van der Waals surface area contributed by atoms with Crippen LogP contribution in [0.1, 0.15) is 23.2 Å². The molecule has 1 aromatic carbocycles. The summed E-state index contributed by atoms with van der Waals surface area (Å²) < 4.78 is 0.940. The zero-order valence-electron chi connectivity index (χ0n) is 11.6. The second kappa shape index (κ2) is 6.66. The minimum atomic E-state index is -0.0116. The number of amides is 1. The van der Waals surface area contributed by atoms with E-state index >= 15 is 0 Å². The van der Waals surface area contributed by atoms with Gasteiger partial charge in [0.15, 0.2) is 0 Å². The monoisotopic (exact) mass is 332 g/mol. The minimum absolute atomic E-state index is 0.0116. The SMILES string of the molecule is Cc1ccccc1CCC(=O)Nc1ccc(Br)c(C)n1. The van der Waals surface area contributed by atoms with E-state index < -0.39 is 0 Å². The Balaban J connectivity index is 1.93. The normalized spacial score (nSPS) is 10.3. The largest absolute Gasteiger partial charge is 0.311 e. The lowest BCUT2D eigenvalue weighted by molar-refractivity contribution is -0.116. The molecule has 0 aliphatic heterocycles. The molecule has 1 N–H and O–H groups in total. The number of pyridine rings is 1. The molecular weight excluding hydrogens is 316 g/mol. The van der Waals surface area contributed by atoms with E-state index in [-0.39, 0.29) is 5.91 Å². The average Bonchev–Trinajstić information content (AvgIpc) is 2.42. The van der Waals surface area contributed by atoms with Gasteiger partial charge in [0.05, 0.1) is 5.69 Å². The fourth-order valence-corrected chi connectivity index (χ4v) is 2.18. The molecule has 0 spiro atoms. The van der Waals surface area contributed by atoms with Crippen molar-refractivity contribution in [1.82, 2.24) is 4.98 Å². The molecule has 0 atom stereocenters. The Morgan fingerprint density at radius 2 is 1.95 bits per heavy atom. The first kappa shape index (κ1) is 14.7. The molecule has 3 nitrogen and oxygen atoms in total. The van der Waals surface area contributed by atoms with Gasteiger partial charge < -0.3 is 5.32 Å². The van der Waals surface area contributed by atoms with E-state index in [0.29, 0.717) is 12.2 Å². The first-order chi connectivity index (χ1) is 9.56. The standard InChI is InChI=1S/C16H17BrN2O/c1-11-5-3-4-6-13(11)7-10-16(20)19-15-9-8-14(17)12(2)18-15/h3-6,8-9H,7,10H2,1-2H3,(H,18,19,20). The van der Waals surface area contributed by atoms with Crippen LogP contribution < -0.4 is 5.32 Å². The molecule has 20 heavy (non-hydrogen) atoms. The van der Waals surface area contributed by atoms with Crippen LogP contribution >= 0.6 is 15.9 Å². The molecule has 0 fully saturated rings. The third kappa shape index (κ3) is 3.90. The number of carbonyl (C=O) groups excluding carboxylic acids is 1. The van der Waals surface area contributed by atoms with Crippen LogP contribution in [-0.4, -0.2) is 10.9 Å². The molecule has 0 aliphatic rings. The summed E-state index contributed by atoms with van der Waals surface area (Å²) in [4.78, 5) is 16.2. The minimum Gasteiger partial charge on any atom is -0.311 e. The fourth-order valence-electron chi connectivity index (χ4n) is 1.96. The Labute approximate surface area is 127 Å². The summed E-state index contributed by atoms with van der Waals surface area (Å²) in [6.45, 7) is 3.96. The number of aromatic nitrogens is 1. The third-order valence-corrected chi connectivity index (χ3v) is 4.01. The number of hydrogen-bond donors (Lipinski definition) is 1. The van der Waals surface area contributed by atoms with Crippen molar-refractivity contribution < 1.29 is 4.79 Å². The average molecular weight is 333 g/mol. The second-order valence-corrected chi connectivity index (χ2v) is 5.59. The molecule has 104 valence electrons. The number of benzene rings is 1. The molecule has 1 amide bonds. The van der Waals surface area contributed by atoms with E-state index in [1.807, 2.05) is 25.1 Å². The molecule has 0 saturated heterocycles. The summed E-state index contributed by atoms with van der Waals surface area (Å²) in [6, 6.07) is 11.8. The molecule has 0 saturated carbocycles. The Kier molecular flexibility index (Phi) is 4.90. The van der Waals surface area contributed by atoms with Crippen molar-refractivity contribution >= 4 is 27.7 Å². The van der Waals surface area contributed by atoms with Gasteiger partial charge in [0.2, 0.25) is 5.91 Å². The quantitative estimate of drug-likeness (QED) is 0.918. The summed E-state index contributed by atoms with van der Waals surface area (Å²) in [5.74, 6) is 0.586. The first-order valence-electron chi connectivity index (χ1n) is 6.54. The van der Waals surface area contributed by atoms with Crippen LogP contribution in [0.2, 0.25) is 0 Å². The number of rotatable bonds is 4. The highest BCUT2D eigenvalue weighted by atomic mass is 79.9. The van der Waals surface area contributed by atoms with E-state index in [2.05, 4.69) is 45.3 Å². The van der Waals surface area contributed by atoms with Gasteiger partial charge in [-0.1, -0.05) is 24.3 Å². The van der Waals surface area contributed by atoms with Gasteiger partial charge in [0.1, 0.15) is 5.82 Å². The van der Waals surface area contributed by atoms with E-state index in [9.17, 15) is 4.79 Å². The van der Waals surface area contributed by atoms with Crippen molar-refractivity contribution in [3.8, 4) is 0 Å². The topological polar surface area (TPSA) is 42.0 Å². The Morgan fingerprint density at radius 1 is 1.20 bits per heavy atom. The summed E-state index contributed by atoms with van der Waals surface area (Å²) in [7, 11) is 0. The van der Waals surface area contributed by atoms with Gasteiger partial charge in [-0.05, 0) is 59.5 Å². The van der Waals surface area contributed by atoms with Gasteiger partial charge in [0.25, 0.3) is 0 Å². The summed E-state index contributed by atoms with van der Waals surface area (Å²) in [5, 5.41) is 2.83. The highest BCUT2D eigenvalue weighted by molar-refractivity contribution is 9.10. The van der Waals surface area contributed by atoms with Crippen molar-refractivity contribution in [2.75, 3.05) is 5.32 Å². The third-order valence-electron chi connectivity index (χ3n) is 3.17. The van der Waals surface area contributed by atoms with Crippen LogP contribution in [0.5, 0.6) is 0 Å². The molecule has 0 radical (unpaired) electrons. The molecule has 0 unspecified atom stereocenters. The first-order valence-corrected chi connectivity index (χ1v) is 7.33. The molecule has 1 heterocycles. The number of hydrogen-bond acceptors (Lipinski definition) is 2. The second-order valence-electron chi connectivity index (χ2n) is 4.74. The highest BCUT2D eigenvalue weighted by Gasteiger charge is 2.06. The Bertz CT molecular complexity index is 626. The van der Waals surface area contributed by atoms with Crippen LogP contribution in [0.3, 0.4) is 0 Å². The van der Waals surface area contributed by atoms with Crippen molar-refractivity contribution in [1.29, 1.82) is 0 Å². The summed E-state index contributed by atoms with van der Waals surface area (Å²) in [6.07, 6.45) is 1.20. The van der Waals surface area contributed by atoms with Crippen molar-refractivity contribution in [2.45, 2.75) is 26.7 Å². The van der Waals surface area contributed by atoms with Gasteiger partial charge in [-0.15, -0.1) is 0 Å². The maximum Gasteiger partial charge on any atom is 0.225 e. The highest BCUT2D eigenvalue weighted by Crippen LogP contribution is 2.16. The summed E-state index contributed by atoms with van der Waals surface area (Å²) >= 11 is 3.39. The number of aryl methyl sites for hydroxylation is 3. The molecule has 0 aliphatic carbocycles. The van der Waals surface area contributed by atoms with E-state index in [1.165, 1.54) is 11.1 Å². The van der Waals surface area contributed by atoms with E-state index in [0.717, 1.165) is 16.6 Å². The van der Waals surface area contributed by atoms with E-state index in [4.69, 9.17) is 0 Å². The number of halogens is 1. The summed E-state index contributed by atoms with van der Waals surface area (Å²) in [5.41, 5.74) is 3.29.